The number of carbonyl (C=O) groups is 2. The Balaban J connectivity index is 2.40. The van der Waals surface area contributed by atoms with E-state index in [-0.39, 0.29) is 17.7 Å². The van der Waals surface area contributed by atoms with Crippen molar-refractivity contribution in [3.63, 3.8) is 0 Å². The first-order chi connectivity index (χ1) is 12.8. The number of unbranched alkanes of at least 4 members (excludes halogenated alkanes) is 2. The Bertz CT molecular complexity index is 521. The third kappa shape index (κ3) is 8.85. The number of carbonyl (C=O) groups excluding carboxylic acids is 2. The average molecular weight is 381 g/mol. The van der Waals surface area contributed by atoms with Crippen LogP contribution in [-0.2, 0) is 14.3 Å². The maximum absolute atomic E-state index is 12.5. The molecule has 1 rings (SSSR count). The van der Waals surface area contributed by atoms with Crippen LogP contribution in [0.4, 0.5) is 0 Å². The van der Waals surface area contributed by atoms with Crippen LogP contribution in [0.15, 0.2) is 24.3 Å². The van der Waals surface area contributed by atoms with E-state index in [1.807, 2.05) is 25.2 Å². The molecule has 27 heavy (non-hydrogen) atoms. The van der Waals surface area contributed by atoms with E-state index in [1.165, 1.54) is 7.11 Å². The quantitative estimate of drug-likeness (QED) is 0.306. The number of aliphatic hydroxyl groups is 2. The molecule has 0 radical (unpaired) electrons. The molecule has 0 aliphatic heterocycles. The SMILES string of the molecule is CCCCC(C)(O)CC=C[C@H]1C(=O)[C@H](CC=CCCCC(=O)OC)C[C@H]1O. The molecule has 1 aliphatic rings. The fraction of sp³-hybridized carbons (Fsp3) is 0.727. The van der Waals surface area contributed by atoms with Gasteiger partial charge in [0.25, 0.3) is 0 Å². The molecular formula is C22H36O5. The third-order valence-electron chi connectivity index (χ3n) is 5.21. The number of hydrogen-bond acceptors (Lipinski definition) is 5. The number of rotatable bonds is 12. The summed E-state index contributed by atoms with van der Waals surface area (Å²) in [5.74, 6) is -0.760. The number of hydrogen-bond donors (Lipinski definition) is 2. The van der Waals surface area contributed by atoms with Crippen molar-refractivity contribution in [2.75, 3.05) is 7.11 Å². The predicted octanol–water partition coefficient (Wildman–Crippen LogP) is 3.73. The normalized spacial score (nSPS) is 25.4. The molecule has 1 fully saturated rings. The van der Waals surface area contributed by atoms with Crippen molar-refractivity contribution in [1.82, 2.24) is 0 Å². The summed E-state index contributed by atoms with van der Waals surface area (Å²) in [5, 5.41) is 20.5. The molecule has 4 atom stereocenters. The molecule has 1 aliphatic carbocycles. The fourth-order valence-electron chi connectivity index (χ4n) is 3.42. The van der Waals surface area contributed by atoms with Crippen molar-refractivity contribution >= 4 is 11.8 Å². The van der Waals surface area contributed by atoms with Crippen molar-refractivity contribution < 1.29 is 24.5 Å². The Morgan fingerprint density at radius 1 is 1.30 bits per heavy atom. The highest BCUT2D eigenvalue weighted by Gasteiger charge is 2.38. The Hall–Kier alpha value is -1.46. The van der Waals surface area contributed by atoms with Gasteiger partial charge >= 0.3 is 5.97 Å². The fourth-order valence-corrected chi connectivity index (χ4v) is 3.42. The standard InChI is InChI=1S/C22H36O5/c1-4-5-14-22(2,26)15-10-12-18-19(23)16-17(21(18)25)11-8-6-7-9-13-20(24)27-3/h6,8,10,12,17-19,23,26H,4-5,7,9,11,13-16H2,1-3H3/t17-,18-,19-,22?/m1/s1. The van der Waals surface area contributed by atoms with Crippen molar-refractivity contribution in [2.24, 2.45) is 11.8 Å². The molecule has 0 aromatic heterocycles. The van der Waals surface area contributed by atoms with Crippen LogP contribution in [0.25, 0.3) is 0 Å². The molecule has 0 amide bonds. The monoisotopic (exact) mass is 380 g/mol. The number of allylic oxidation sites excluding steroid dienone is 2. The summed E-state index contributed by atoms with van der Waals surface area (Å²) in [6.45, 7) is 3.90. The maximum Gasteiger partial charge on any atom is 0.305 e. The summed E-state index contributed by atoms with van der Waals surface area (Å²) in [6, 6.07) is 0. The molecule has 0 bridgehead atoms. The lowest BCUT2D eigenvalue weighted by atomic mass is 9.93. The number of aliphatic hydroxyl groups excluding tert-OH is 1. The molecule has 1 saturated carbocycles. The van der Waals surface area contributed by atoms with Crippen LogP contribution in [0.5, 0.6) is 0 Å². The van der Waals surface area contributed by atoms with Crippen molar-refractivity contribution in [3.05, 3.63) is 24.3 Å². The highest BCUT2D eigenvalue weighted by atomic mass is 16.5. The van der Waals surface area contributed by atoms with Gasteiger partial charge in [-0.3, -0.25) is 9.59 Å². The predicted molar refractivity (Wildman–Crippen MR) is 106 cm³/mol. The van der Waals surface area contributed by atoms with Crippen LogP contribution in [0.1, 0.15) is 71.6 Å². The largest absolute Gasteiger partial charge is 0.469 e. The minimum atomic E-state index is -0.758. The molecule has 0 aromatic carbocycles. The van der Waals surface area contributed by atoms with Gasteiger partial charge in [-0.25, -0.2) is 0 Å². The smallest absolute Gasteiger partial charge is 0.305 e. The first-order valence-corrected chi connectivity index (χ1v) is 10.1. The van der Waals surface area contributed by atoms with E-state index in [0.717, 1.165) is 32.1 Å². The molecule has 154 valence electrons. The Kier molecular flexibility index (Phi) is 10.6. The molecule has 0 aromatic rings. The second-order valence-electron chi connectivity index (χ2n) is 7.84. The van der Waals surface area contributed by atoms with E-state index in [4.69, 9.17) is 0 Å². The van der Waals surface area contributed by atoms with Crippen molar-refractivity contribution in [2.45, 2.75) is 83.3 Å². The van der Waals surface area contributed by atoms with E-state index >= 15 is 0 Å². The molecule has 0 heterocycles. The minimum Gasteiger partial charge on any atom is -0.469 e. The Morgan fingerprint density at radius 3 is 2.70 bits per heavy atom. The summed E-state index contributed by atoms with van der Waals surface area (Å²) in [7, 11) is 1.38. The van der Waals surface area contributed by atoms with E-state index in [1.54, 1.807) is 6.08 Å². The van der Waals surface area contributed by atoms with E-state index in [2.05, 4.69) is 11.7 Å². The van der Waals surface area contributed by atoms with Crippen molar-refractivity contribution in [3.8, 4) is 0 Å². The molecule has 5 nitrogen and oxygen atoms in total. The van der Waals surface area contributed by atoms with Gasteiger partial charge in [0, 0.05) is 12.3 Å². The zero-order chi connectivity index (χ0) is 20.3. The summed E-state index contributed by atoms with van der Waals surface area (Å²) >= 11 is 0. The van der Waals surface area contributed by atoms with Crippen LogP contribution in [0, 0.1) is 11.8 Å². The second kappa shape index (κ2) is 12.1. The second-order valence-corrected chi connectivity index (χ2v) is 7.84. The van der Waals surface area contributed by atoms with E-state index < -0.39 is 17.6 Å². The van der Waals surface area contributed by atoms with E-state index in [0.29, 0.717) is 25.7 Å². The lowest BCUT2D eigenvalue weighted by Crippen LogP contribution is -2.23. The molecule has 0 saturated heterocycles. The number of methoxy groups -OCH3 is 1. The number of ether oxygens (including phenoxy) is 1. The highest BCUT2D eigenvalue weighted by Crippen LogP contribution is 2.32. The lowest BCUT2D eigenvalue weighted by Gasteiger charge is -2.21. The first-order valence-electron chi connectivity index (χ1n) is 10.1. The average Bonchev–Trinajstić information content (AvgIpc) is 2.90. The van der Waals surface area contributed by atoms with Crippen LogP contribution < -0.4 is 0 Å². The summed E-state index contributed by atoms with van der Waals surface area (Å²) < 4.78 is 4.59. The highest BCUT2D eigenvalue weighted by molar-refractivity contribution is 5.88. The van der Waals surface area contributed by atoms with Gasteiger partial charge in [-0.2, -0.15) is 0 Å². The molecule has 1 unspecified atom stereocenters. The van der Waals surface area contributed by atoms with Gasteiger partial charge in [0.15, 0.2) is 0 Å². The van der Waals surface area contributed by atoms with Crippen LogP contribution in [0.2, 0.25) is 0 Å². The van der Waals surface area contributed by atoms with Crippen LogP contribution in [-0.4, -0.2) is 40.8 Å². The molecule has 5 heteroatoms. The first kappa shape index (κ1) is 23.6. The lowest BCUT2D eigenvalue weighted by molar-refractivity contribution is -0.140. The summed E-state index contributed by atoms with van der Waals surface area (Å²) in [4.78, 5) is 23.6. The molecular weight excluding hydrogens is 344 g/mol. The van der Waals surface area contributed by atoms with Crippen LogP contribution >= 0.6 is 0 Å². The van der Waals surface area contributed by atoms with Gasteiger partial charge in [-0.1, -0.05) is 44.1 Å². The summed E-state index contributed by atoms with van der Waals surface area (Å²) in [6.07, 6.45) is 13.2. The van der Waals surface area contributed by atoms with Gasteiger partial charge in [-0.05, 0) is 45.4 Å². The molecule has 2 N–H and O–H groups in total. The van der Waals surface area contributed by atoms with Gasteiger partial charge < -0.3 is 14.9 Å². The maximum atomic E-state index is 12.5. The number of Topliss-reactive ketones (excluding diaryl/α,β-unsaturated/α-hetero) is 1. The third-order valence-corrected chi connectivity index (χ3v) is 5.21. The van der Waals surface area contributed by atoms with Gasteiger partial charge in [0.05, 0.1) is 24.7 Å². The van der Waals surface area contributed by atoms with Gasteiger partial charge in [0.1, 0.15) is 5.78 Å². The van der Waals surface area contributed by atoms with Gasteiger partial charge in [0.2, 0.25) is 0 Å². The van der Waals surface area contributed by atoms with Crippen LogP contribution in [0.3, 0.4) is 0 Å². The Labute approximate surface area is 163 Å². The Morgan fingerprint density at radius 2 is 2.04 bits per heavy atom. The minimum absolute atomic E-state index is 0.0751. The topological polar surface area (TPSA) is 83.8 Å². The van der Waals surface area contributed by atoms with E-state index in [9.17, 15) is 19.8 Å². The zero-order valence-corrected chi connectivity index (χ0v) is 17.0. The number of ketones is 1. The van der Waals surface area contributed by atoms with Crippen molar-refractivity contribution in [1.29, 1.82) is 0 Å². The summed E-state index contributed by atoms with van der Waals surface area (Å²) in [5.41, 5.74) is -0.758. The number of esters is 1. The zero-order valence-electron chi connectivity index (χ0n) is 17.0. The molecule has 0 spiro atoms. The van der Waals surface area contributed by atoms with Gasteiger partial charge in [-0.15, -0.1) is 0 Å².